The minimum atomic E-state index is -0.0195. The molecule has 1 heterocycles. The fourth-order valence-corrected chi connectivity index (χ4v) is 2.71. The lowest BCUT2D eigenvalue weighted by atomic mass is 9.80. The Morgan fingerprint density at radius 1 is 0.833 bits per heavy atom. The maximum absolute atomic E-state index is 6.25. The highest BCUT2D eigenvalue weighted by Gasteiger charge is 2.23. The van der Waals surface area contributed by atoms with Gasteiger partial charge in [0.05, 0.1) is 0 Å². The molecule has 0 unspecified atom stereocenters. The Labute approximate surface area is 143 Å². The van der Waals surface area contributed by atoms with Crippen molar-refractivity contribution in [2.75, 3.05) is 0 Å². The molecule has 0 fully saturated rings. The molecule has 0 saturated carbocycles. The van der Waals surface area contributed by atoms with Crippen molar-refractivity contribution in [2.24, 2.45) is 0 Å². The second-order valence-electron chi connectivity index (χ2n) is 8.26. The van der Waals surface area contributed by atoms with Gasteiger partial charge >= 0.3 is 0 Å². The number of para-hydroxylation sites is 1. The number of nitrogens with zero attached hydrogens (tertiary/aromatic N) is 2. The molecule has 0 spiro atoms. The fourth-order valence-electron chi connectivity index (χ4n) is 2.71. The number of rotatable bonds is 2. The van der Waals surface area contributed by atoms with Gasteiger partial charge in [-0.05, 0) is 34.6 Å². The van der Waals surface area contributed by atoms with E-state index in [1.54, 1.807) is 0 Å². The molecule has 0 atom stereocenters. The van der Waals surface area contributed by atoms with Crippen LogP contribution >= 0.6 is 0 Å². The summed E-state index contributed by atoms with van der Waals surface area (Å²) < 4.78 is 6.25. The molecule has 3 rings (SSSR count). The number of aromatic nitrogens is 3. The van der Waals surface area contributed by atoms with Gasteiger partial charge in [-0.3, -0.25) is 0 Å². The second kappa shape index (κ2) is 5.62. The smallest absolute Gasteiger partial charge is 0.157 e. The molecule has 126 valence electrons. The molecule has 3 aromatic rings. The highest BCUT2D eigenvalue weighted by Crippen LogP contribution is 2.38. The number of H-pyrrole nitrogens is 1. The van der Waals surface area contributed by atoms with Gasteiger partial charge in [-0.25, -0.2) is 0 Å². The van der Waals surface area contributed by atoms with Gasteiger partial charge in [0, 0.05) is 5.56 Å². The third-order valence-electron chi connectivity index (χ3n) is 4.18. The third kappa shape index (κ3) is 3.14. The number of hydrogen-bond acceptors (Lipinski definition) is 3. The van der Waals surface area contributed by atoms with Crippen molar-refractivity contribution in [3.05, 3.63) is 47.5 Å². The molecule has 2 aromatic carbocycles. The van der Waals surface area contributed by atoms with Crippen molar-refractivity contribution < 1.29 is 4.74 Å². The molecular formula is C20H25N3O. The van der Waals surface area contributed by atoms with E-state index >= 15 is 0 Å². The minimum absolute atomic E-state index is 0.0195. The lowest BCUT2D eigenvalue weighted by Gasteiger charge is -2.27. The molecule has 0 aliphatic heterocycles. The van der Waals surface area contributed by atoms with Crippen LogP contribution in [0.2, 0.25) is 0 Å². The summed E-state index contributed by atoms with van der Waals surface area (Å²) in [7, 11) is 0. The number of nitrogens with one attached hydrogen (secondary N) is 1. The summed E-state index contributed by atoms with van der Waals surface area (Å²) in [5, 5.41) is 11.0. The second-order valence-corrected chi connectivity index (χ2v) is 8.26. The lowest BCUT2D eigenvalue weighted by molar-refractivity contribution is 0.456. The first-order valence-electron chi connectivity index (χ1n) is 8.28. The minimum Gasteiger partial charge on any atom is -0.455 e. The first kappa shape index (κ1) is 16.5. The van der Waals surface area contributed by atoms with Crippen molar-refractivity contribution in [3.8, 4) is 11.5 Å². The summed E-state index contributed by atoms with van der Waals surface area (Å²) in [4.78, 5) is 0. The van der Waals surface area contributed by atoms with E-state index in [2.05, 4.69) is 75.2 Å². The van der Waals surface area contributed by atoms with Crippen LogP contribution in [0.5, 0.6) is 11.5 Å². The van der Waals surface area contributed by atoms with Gasteiger partial charge in [-0.2, -0.15) is 15.4 Å². The van der Waals surface area contributed by atoms with E-state index in [9.17, 15) is 0 Å². The normalized spacial score (nSPS) is 12.6. The Morgan fingerprint density at radius 2 is 1.58 bits per heavy atom. The summed E-state index contributed by atoms with van der Waals surface area (Å²) in [5.41, 5.74) is 4.13. The summed E-state index contributed by atoms with van der Waals surface area (Å²) in [6.07, 6.45) is 0. The fraction of sp³-hybridized carbons (Fsp3) is 0.400. The van der Waals surface area contributed by atoms with E-state index in [0.717, 1.165) is 22.5 Å². The number of aromatic amines is 1. The van der Waals surface area contributed by atoms with Gasteiger partial charge in [0.1, 0.15) is 11.3 Å². The van der Waals surface area contributed by atoms with Crippen molar-refractivity contribution in [1.29, 1.82) is 0 Å². The molecule has 0 bridgehead atoms. The molecule has 1 aromatic heterocycles. The predicted molar refractivity (Wildman–Crippen MR) is 97.8 cm³/mol. The highest BCUT2D eigenvalue weighted by molar-refractivity contribution is 5.80. The maximum Gasteiger partial charge on any atom is 0.157 e. The Morgan fingerprint density at radius 3 is 2.25 bits per heavy atom. The quantitative estimate of drug-likeness (QED) is 0.692. The van der Waals surface area contributed by atoms with E-state index in [-0.39, 0.29) is 10.8 Å². The van der Waals surface area contributed by atoms with E-state index < -0.39 is 0 Å². The van der Waals surface area contributed by atoms with Crippen molar-refractivity contribution >= 4 is 11.0 Å². The van der Waals surface area contributed by atoms with Gasteiger partial charge in [0.25, 0.3) is 0 Å². The van der Waals surface area contributed by atoms with E-state index in [1.165, 1.54) is 11.1 Å². The zero-order valence-corrected chi connectivity index (χ0v) is 15.3. The SMILES string of the molecule is CC(C)(C)c1ccc(Oc2cccc3n[nH]nc23)c(C(C)(C)C)c1. The Kier molecular flexibility index (Phi) is 3.86. The van der Waals surface area contributed by atoms with Crippen LogP contribution in [0.25, 0.3) is 11.0 Å². The topological polar surface area (TPSA) is 50.8 Å². The summed E-state index contributed by atoms with van der Waals surface area (Å²) in [6.45, 7) is 13.3. The zero-order valence-electron chi connectivity index (χ0n) is 15.3. The van der Waals surface area contributed by atoms with E-state index in [1.807, 2.05) is 18.2 Å². The van der Waals surface area contributed by atoms with Crippen molar-refractivity contribution in [3.63, 3.8) is 0 Å². The first-order valence-corrected chi connectivity index (χ1v) is 8.28. The Hall–Kier alpha value is -2.36. The van der Waals surface area contributed by atoms with Gasteiger partial charge < -0.3 is 4.74 Å². The van der Waals surface area contributed by atoms with Crippen LogP contribution in [0, 0.1) is 0 Å². The molecule has 0 amide bonds. The monoisotopic (exact) mass is 323 g/mol. The molecular weight excluding hydrogens is 298 g/mol. The first-order chi connectivity index (χ1) is 11.2. The average Bonchev–Trinajstić information content (AvgIpc) is 2.95. The van der Waals surface area contributed by atoms with E-state index in [4.69, 9.17) is 4.74 Å². The number of hydrogen-bond donors (Lipinski definition) is 1. The van der Waals surface area contributed by atoms with Gasteiger partial charge in [-0.15, -0.1) is 0 Å². The van der Waals surface area contributed by atoms with E-state index in [0.29, 0.717) is 0 Å². The molecule has 1 N–H and O–H groups in total. The number of ether oxygens (including phenoxy) is 1. The average molecular weight is 323 g/mol. The maximum atomic E-state index is 6.25. The van der Waals surface area contributed by atoms with Crippen molar-refractivity contribution in [2.45, 2.75) is 52.4 Å². The molecule has 0 radical (unpaired) electrons. The summed E-state index contributed by atoms with van der Waals surface area (Å²) >= 11 is 0. The molecule has 24 heavy (non-hydrogen) atoms. The van der Waals surface area contributed by atoms with Crippen LogP contribution in [0.15, 0.2) is 36.4 Å². The lowest BCUT2D eigenvalue weighted by Crippen LogP contribution is -2.17. The van der Waals surface area contributed by atoms with Gasteiger partial charge in [0.2, 0.25) is 0 Å². The molecule has 0 saturated heterocycles. The van der Waals surface area contributed by atoms with Crippen LogP contribution < -0.4 is 4.74 Å². The highest BCUT2D eigenvalue weighted by atomic mass is 16.5. The van der Waals surface area contributed by atoms with Crippen LogP contribution in [-0.4, -0.2) is 15.4 Å². The van der Waals surface area contributed by atoms with Crippen LogP contribution in [0.3, 0.4) is 0 Å². The molecule has 0 aliphatic rings. The number of fused-ring (bicyclic) bond motifs is 1. The Balaban J connectivity index is 2.09. The Bertz CT molecular complexity index is 866. The number of benzene rings is 2. The van der Waals surface area contributed by atoms with Crippen molar-refractivity contribution in [1.82, 2.24) is 15.4 Å². The third-order valence-corrected chi connectivity index (χ3v) is 4.18. The predicted octanol–water partition coefficient (Wildman–Crippen LogP) is 5.35. The zero-order chi connectivity index (χ0) is 17.5. The van der Waals surface area contributed by atoms with Crippen LogP contribution in [0.4, 0.5) is 0 Å². The summed E-state index contributed by atoms with van der Waals surface area (Å²) in [6, 6.07) is 12.3. The molecule has 0 aliphatic carbocycles. The largest absolute Gasteiger partial charge is 0.455 e. The van der Waals surface area contributed by atoms with Crippen LogP contribution in [-0.2, 0) is 10.8 Å². The molecule has 4 nitrogen and oxygen atoms in total. The summed E-state index contributed by atoms with van der Waals surface area (Å²) in [5.74, 6) is 1.58. The van der Waals surface area contributed by atoms with Crippen LogP contribution in [0.1, 0.15) is 52.7 Å². The van der Waals surface area contributed by atoms with Gasteiger partial charge in [-0.1, -0.05) is 59.7 Å². The van der Waals surface area contributed by atoms with Gasteiger partial charge in [0.15, 0.2) is 11.3 Å². The molecule has 4 heteroatoms. The standard InChI is InChI=1S/C20H25N3O/c1-19(2,3)13-10-11-16(14(12-13)20(4,5)6)24-17-9-7-8-15-18(17)22-23-21-15/h7-12H,1-6H3,(H,21,22,23).